The molecule has 0 atom stereocenters. The third kappa shape index (κ3) is 4.78. The molecule has 1 fully saturated rings. The topological polar surface area (TPSA) is 83.6 Å². The number of fused-ring (bicyclic) bond motifs is 1. The number of nitrogens with zero attached hydrogens (tertiary/aromatic N) is 2. The highest BCUT2D eigenvalue weighted by atomic mass is 16.5. The van der Waals surface area contributed by atoms with E-state index in [4.69, 9.17) is 9.72 Å². The summed E-state index contributed by atoms with van der Waals surface area (Å²) >= 11 is 0. The zero-order valence-electron chi connectivity index (χ0n) is 16.7. The maximum Gasteiger partial charge on any atom is 0.223 e. The van der Waals surface area contributed by atoms with Gasteiger partial charge in [-0.05, 0) is 49.6 Å². The van der Waals surface area contributed by atoms with Gasteiger partial charge in [0.2, 0.25) is 11.8 Å². The van der Waals surface area contributed by atoms with Crippen LogP contribution in [0.3, 0.4) is 0 Å². The van der Waals surface area contributed by atoms with Crippen molar-refractivity contribution in [2.45, 2.75) is 26.7 Å². The number of nitrogens with one attached hydrogen (secondary N) is 2. The maximum atomic E-state index is 12.2. The number of hydrogen-bond acceptors (Lipinski definition) is 5. The van der Waals surface area contributed by atoms with Crippen LogP contribution in [0.15, 0.2) is 24.3 Å². The van der Waals surface area contributed by atoms with Crippen molar-refractivity contribution >= 4 is 34.2 Å². The van der Waals surface area contributed by atoms with Crippen LogP contribution in [0, 0.1) is 12.8 Å². The van der Waals surface area contributed by atoms with Gasteiger partial charge in [0, 0.05) is 50.7 Å². The predicted octanol–water partition coefficient (Wildman–Crippen LogP) is 2.48. The fraction of sp³-hybridized carbons (Fsp3) is 0.476. The number of rotatable bonds is 6. The summed E-state index contributed by atoms with van der Waals surface area (Å²) in [5.74, 6) is 1.02. The molecule has 0 saturated carbocycles. The standard InChI is InChI=1S/C21H28N4O3/c1-14-12-20(24-19-5-4-17(13-18(14)19)23-15(2)26)25-9-6-16(7-10-25)21(27)22-8-11-28-3/h4-5,12-13,16H,6-11H2,1-3H3,(H,22,27)(H,23,26). The highest BCUT2D eigenvalue weighted by Crippen LogP contribution is 2.28. The monoisotopic (exact) mass is 384 g/mol. The van der Waals surface area contributed by atoms with Gasteiger partial charge in [-0.2, -0.15) is 0 Å². The van der Waals surface area contributed by atoms with Crippen molar-refractivity contribution < 1.29 is 14.3 Å². The Morgan fingerprint density at radius 2 is 2.00 bits per heavy atom. The number of ether oxygens (including phenoxy) is 1. The number of carbonyl (C=O) groups excluding carboxylic acids is 2. The first kappa shape index (κ1) is 20.1. The molecule has 7 heteroatoms. The Kier molecular flexibility index (Phi) is 6.46. The highest BCUT2D eigenvalue weighted by Gasteiger charge is 2.25. The molecular formula is C21H28N4O3. The van der Waals surface area contributed by atoms with Crippen LogP contribution in [0.2, 0.25) is 0 Å². The van der Waals surface area contributed by atoms with Crippen LogP contribution in [0.4, 0.5) is 11.5 Å². The average molecular weight is 384 g/mol. The quantitative estimate of drug-likeness (QED) is 0.748. The van der Waals surface area contributed by atoms with E-state index in [-0.39, 0.29) is 17.7 Å². The van der Waals surface area contributed by atoms with Gasteiger partial charge in [-0.25, -0.2) is 4.98 Å². The lowest BCUT2D eigenvalue weighted by atomic mass is 9.95. The van der Waals surface area contributed by atoms with Crippen molar-refractivity contribution in [1.29, 1.82) is 0 Å². The van der Waals surface area contributed by atoms with Gasteiger partial charge < -0.3 is 20.3 Å². The molecule has 1 aliphatic heterocycles. The Balaban J connectivity index is 1.68. The van der Waals surface area contributed by atoms with Crippen LogP contribution in [-0.2, 0) is 14.3 Å². The summed E-state index contributed by atoms with van der Waals surface area (Å²) < 4.78 is 4.98. The second-order valence-electron chi connectivity index (χ2n) is 7.26. The molecule has 1 saturated heterocycles. The minimum Gasteiger partial charge on any atom is -0.383 e. The van der Waals surface area contributed by atoms with Crippen LogP contribution in [0.5, 0.6) is 0 Å². The molecule has 0 unspecified atom stereocenters. The van der Waals surface area contributed by atoms with Crippen LogP contribution in [0.25, 0.3) is 10.9 Å². The summed E-state index contributed by atoms with van der Waals surface area (Å²) in [4.78, 5) is 30.5. The summed E-state index contributed by atoms with van der Waals surface area (Å²) in [6, 6.07) is 7.85. The molecule has 2 amide bonds. The molecule has 2 aromatic rings. The zero-order chi connectivity index (χ0) is 20.1. The van der Waals surface area contributed by atoms with Crippen LogP contribution in [0.1, 0.15) is 25.3 Å². The first-order chi connectivity index (χ1) is 13.5. The van der Waals surface area contributed by atoms with E-state index >= 15 is 0 Å². The SMILES string of the molecule is COCCNC(=O)C1CCN(c2cc(C)c3cc(NC(C)=O)ccc3n2)CC1. The lowest BCUT2D eigenvalue weighted by Gasteiger charge is -2.32. The molecule has 0 spiro atoms. The van der Waals surface area contributed by atoms with E-state index < -0.39 is 0 Å². The Labute approximate surface area is 165 Å². The second kappa shape index (κ2) is 9.01. The molecule has 0 aliphatic carbocycles. The number of hydrogen-bond donors (Lipinski definition) is 2. The van der Waals surface area contributed by atoms with Crippen molar-refractivity contribution in [3.05, 3.63) is 29.8 Å². The molecular weight excluding hydrogens is 356 g/mol. The molecule has 28 heavy (non-hydrogen) atoms. The summed E-state index contributed by atoms with van der Waals surface area (Å²) in [5.41, 5.74) is 2.80. The zero-order valence-corrected chi connectivity index (χ0v) is 16.7. The summed E-state index contributed by atoms with van der Waals surface area (Å²) in [7, 11) is 1.63. The predicted molar refractivity (Wildman–Crippen MR) is 111 cm³/mol. The first-order valence-electron chi connectivity index (χ1n) is 9.68. The lowest BCUT2D eigenvalue weighted by Crippen LogP contribution is -2.41. The lowest BCUT2D eigenvalue weighted by molar-refractivity contribution is -0.125. The molecule has 2 heterocycles. The van der Waals surface area contributed by atoms with Gasteiger partial charge in [0.25, 0.3) is 0 Å². The highest BCUT2D eigenvalue weighted by molar-refractivity contribution is 5.93. The minimum atomic E-state index is -0.0873. The number of aromatic nitrogens is 1. The summed E-state index contributed by atoms with van der Waals surface area (Å²) in [5, 5.41) is 6.77. The molecule has 0 bridgehead atoms. The van der Waals surface area contributed by atoms with Gasteiger partial charge in [0.05, 0.1) is 12.1 Å². The van der Waals surface area contributed by atoms with Gasteiger partial charge in [0.15, 0.2) is 0 Å². The van der Waals surface area contributed by atoms with Crippen molar-refractivity contribution in [1.82, 2.24) is 10.3 Å². The average Bonchev–Trinajstić information content (AvgIpc) is 2.68. The maximum absolute atomic E-state index is 12.2. The van der Waals surface area contributed by atoms with E-state index in [1.165, 1.54) is 6.92 Å². The number of piperidine rings is 1. The van der Waals surface area contributed by atoms with Gasteiger partial charge in [0.1, 0.15) is 5.82 Å². The Hall–Kier alpha value is -2.67. The van der Waals surface area contributed by atoms with E-state index in [0.717, 1.165) is 53.9 Å². The Morgan fingerprint density at radius 1 is 1.25 bits per heavy atom. The normalized spacial score (nSPS) is 14.9. The Morgan fingerprint density at radius 3 is 2.68 bits per heavy atom. The number of aryl methyl sites for hydroxylation is 1. The molecule has 2 N–H and O–H groups in total. The molecule has 1 aromatic carbocycles. The van der Waals surface area contributed by atoms with Crippen molar-refractivity contribution in [3.8, 4) is 0 Å². The number of pyridine rings is 1. The van der Waals surface area contributed by atoms with E-state index in [2.05, 4.69) is 28.5 Å². The van der Waals surface area contributed by atoms with Crippen molar-refractivity contribution in [2.75, 3.05) is 43.6 Å². The summed E-state index contributed by atoms with van der Waals surface area (Å²) in [6.07, 6.45) is 1.64. The van der Waals surface area contributed by atoms with Crippen LogP contribution in [-0.4, -0.2) is 50.1 Å². The van der Waals surface area contributed by atoms with Gasteiger partial charge in [-0.1, -0.05) is 0 Å². The third-order valence-corrected chi connectivity index (χ3v) is 5.12. The molecule has 7 nitrogen and oxygen atoms in total. The number of carbonyl (C=O) groups is 2. The van der Waals surface area contributed by atoms with E-state index in [0.29, 0.717) is 13.2 Å². The number of methoxy groups -OCH3 is 1. The molecule has 0 radical (unpaired) electrons. The fourth-order valence-corrected chi connectivity index (χ4v) is 3.61. The number of amides is 2. The van der Waals surface area contributed by atoms with Crippen molar-refractivity contribution in [2.24, 2.45) is 5.92 Å². The van der Waals surface area contributed by atoms with Gasteiger partial charge in [-0.3, -0.25) is 9.59 Å². The van der Waals surface area contributed by atoms with E-state index in [9.17, 15) is 9.59 Å². The first-order valence-corrected chi connectivity index (χ1v) is 9.68. The Bertz CT molecular complexity index is 860. The van der Waals surface area contributed by atoms with Crippen LogP contribution < -0.4 is 15.5 Å². The van der Waals surface area contributed by atoms with E-state index in [1.807, 2.05) is 18.2 Å². The summed E-state index contributed by atoms with van der Waals surface area (Å²) in [6.45, 7) is 6.27. The third-order valence-electron chi connectivity index (χ3n) is 5.12. The minimum absolute atomic E-state index is 0.0508. The largest absolute Gasteiger partial charge is 0.383 e. The smallest absolute Gasteiger partial charge is 0.223 e. The van der Waals surface area contributed by atoms with E-state index in [1.54, 1.807) is 7.11 Å². The molecule has 1 aliphatic rings. The second-order valence-corrected chi connectivity index (χ2v) is 7.26. The van der Waals surface area contributed by atoms with Gasteiger partial charge in [-0.15, -0.1) is 0 Å². The van der Waals surface area contributed by atoms with Gasteiger partial charge >= 0.3 is 0 Å². The number of anilines is 2. The molecule has 1 aromatic heterocycles. The fourth-order valence-electron chi connectivity index (χ4n) is 3.61. The molecule has 150 valence electrons. The van der Waals surface area contributed by atoms with Crippen LogP contribution >= 0.6 is 0 Å². The van der Waals surface area contributed by atoms with Crippen molar-refractivity contribution in [3.63, 3.8) is 0 Å². The number of benzene rings is 1. The molecule has 3 rings (SSSR count).